The highest BCUT2D eigenvalue weighted by Gasteiger charge is 2.50. The van der Waals surface area contributed by atoms with Crippen LogP contribution >= 0.6 is 0 Å². The zero-order valence-electron chi connectivity index (χ0n) is 12.6. The van der Waals surface area contributed by atoms with Gasteiger partial charge in [-0.15, -0.1) is 0 Å². The van der Waals surface area contributed by atoms with Crippen molar-refractivity contribution in [2.24, 2.45) is 0 Å². The second-order valence-corrected chi connectivity index (χ2v) is 5.94. The normalized spacial score (nSPS) is 33.5. The fourth-order valence-corrected chi connectivity index (χ4v) is 2.96. The number of para-hydroxylation sites is 1. The van der Waals surface area contributed by atoms with Crippen molar-refractivity contribution in [3.63, 3.8) is 0 Å². The fourth-order valence-electron chi connectivity index (χ4n) is 2.96. The highest BCUT2D eigenvalue weighted by atomic mass is 16.6. The Kier molecular flexibility index (Phi) is 4.57. The number of aromatic amines is 1. The van der Waals surface area contributed by atoms with Crippen LogP contribution in [0.1, 0.15) is 5.56 Å². The Balaban J connectivity index is 1.72. The highest BCUT2D eigenvalue weighted by molar-refractivity contribution is 5.87. The van der Waals surface area contributed by atoms with Gasteiger partial charge in [0, 0.05) is 17.1 Å². The van der Waals surface area contributed by atoms with Crippen molar-refractivity contribution in [3.8, 4) is 0 Å². The van der Waals surface area contributed by atoms with Gasteiger partial charge < -0.3 is 35.3 Å². The van der Waals surface area contributed by atoms with Gasteiger partial charge in [0.1, 0.15) is 30.5 Å². The average Bonchev–Trinajstić information content (AvgIpc) is 2.98. The number of aliphatic hydroxyl groups excluding tert-OH is 5. The van der Waals surface area contributed by atoms with Crippen LogP contribution in [0.3, 0.4) is 0 Å². The Morgan fingerprint density at radius 3 is 2.21 bits per heavy atom. The molecule has 2 unspecified atom stereocenters. The van der Waals surface area contributed by atoms with E-state index in [2.05, 4.69) is 4.98 Å². The molecule has 24 heavy (non-hydrogen) atoms. The van der Waals surface area contributed by atoms with Crippen molar-refractivity contribution in [2.75, 3.05) is 0 Å². The average molecular weight is 337 g/mol. The summed E-state index contributed by atoms with van der Waals surface area (Å²) in [6.07, 6.45) is -8.57. The molecular formula is C16H19NO7. The van der Waals surface area contributed by atoms with Crippen LogP contribution < -0.4 is 0 Å². The van der Waals surface area contributed by atoms with Crippen molar-refractivity contribution in [1.29, 1.82) is 0 Å². The van der Waals surface area contributed by atoms with Crippen molar-refractivity contribution in [1.82, 2.24) is 4.98 Å². The predicted octanol–water partition coefficient (Wildman–Crippen LogP) is -1.56. The van der Waals surface area contributed by atoms with Gasteiger partial charge in [-0.1, -0.05) is 18.2 Å². The number of aromatic nitrogens is 1. The van der Waals surface area contributed by atoms with Crippen LogP contribution in [0, 0.1) is 0 Å². The summed E-state index contributed by atoms with van der Waals surface area (Å²) < 4.78 is 5.04. The molecule has 0 bridgehead atoms. The molecule has 1 heterocycles. The Hall–Kier alpha value is -1.97. The first kappa shape index (κ1) is 16.9. The highest BCUT2D eigenvalue weighted by Crippen LogP contribution is 2.25. The van der Waals surface area contributed by atoms with Crippen LogP contribution in [0.25, 0.3) is 10.9 Å². The molecular weight excluding hydrogens is 318 g/mol. The predicted molar refractivity (Wildman–Crippen MR) is 81.9 cm³/mol. The van der Waals surface area contributed by atoms with Crippen LogP contribution in [0.15, 0.2) is 30.5 Å². The molecule has 1 saturated carbocycles. The molecule has 2 aromatic rings. The topological polar surface area (TPSA) is 143 Å². The van der Waals surface area contributed by atoms with E-state index in [1.807, 2.05) is 24.3 Å². The van der Waals surface area contributed by atoms with E-state index in [4.69, 9.17) is 4.74 Å². The summed E-state index contributed by atoms with van der Waals surface area (Å²) in [5.74, 6) is -0.737. The summed E-state index contributed by atoms with van der Waals surface area (Å²) in [5, 5.41) is 49.4. The van der Waals surface area contributed by atoms with Crippen molar-refractivity contribution < 1.29 is 35.1 Å². The van der Waals surface area contributed by atoms with E-state index in [-0.39, 0.29) is 6.42 Å². The zero-order valence-corrected chi connectivity index (χ0v) is 12.6. The van der Waals surface area contributed by atoms with E-state index < -0.39 is 42.6 Å². The number of H-pyrrole nitrogens is 1. The van der Waals surface area contributed by atoms with Crippen LogP contribution in [-0.4, -0.2) is 73.1 Å². The Morgan fingerprint density at radius 1 is 0.958 bits per heavy atom. The van der Waals surface area contributed by atoms with Gasteiger partial charge in [-0.25, -0.2) is 0 Å². The maximum Gasteiger partial charge on any atom is 0.310 e. The first-order chi connectivity index (χ1) is 11.4. The van der Waals surface area contributed by atoms with Gasteiger partial charge in [-0.3, -0.25) is 4.79 Å². The van der Waals surface area contributed by atoms with Gasteiger partial charge in [0.25, 0.3) is 0 Å². The second kappa shape index (κ2) is 6.50. The number of carbonyl (C=O) groups excluding carboxylic acids is 1. The van der Waals surface area contributed by atoms with Crippen molar-refractivity contribution in [3.05, 3.63) is 36.0 Å². The van der Waals surface area contributed by atoms with E-state index in [1.54, 1.807) is 6.20 Å². The minimum atomic E-state index is -1.73. The van der Waals surface area contributed by atoms with Gasteiger partial charge in [0.05, 0.1) is 6.42 Å². The standard InChI is InChI=1S/C16H19NO7/c18-10(5-7-6-17-9-4-2-1-3-8(7)9)24-16-14(22)12(20)11(19)13(21)15(16)23/h1-4,6,11-17,19-23H,5H2/t11?,12-,13+,14+,15-,16?. The number of rotatable bonds is 3. The lowest BCUT2D eigenvalue weighted by Crippen LogP contribution is -2.64. The largest absolute Gasteiger partial charge is 0.456 e. The quantitative estimate of drug-likeness (QED) is 0.372. The third-order valence-electron chi connectivity index (χ3n) is 4.35. The summed E-state index contributed by atoms with van der Waals surface area (Å²) in [5.41, 5.74) is 1.53. The number of fused-ring (bicyclic) bond motifs is 1. The van der Waals surface area contributed by atoms with Gasteiger partial charge in [-0.05, 0) is 11.6 Å². The Bertz CT molecular complexity index is 714. The van der Waals surface area contributed by atoms with E-state index in [0.717, 1.165) is 10.9 Å². The second-order valence-electron chi connectivity index (χ2n) is 5.94. The third kappa shape index (κ3) is 2.90. The van der Waals surface area contributed by atoms with Gasteiger partial charge in [0.2, 0.25) is 0 Å². The summed E-state index contributed by atoms with van der Waals surface area (Å²) in [4.78, 5) is 15.1. The molecule has 8 nitrogen and oxygen atoms in total. The first-order valence-corrected chi connectivity index (χ1v) is 7.55. The molecule has 3 rings (SSSR count). The number of benzene rings is 1. The monoisotopic (exact) mass is 337 g/mol. The maximum absolute atomic E-state index is 12.1. The SMILES string of the molecule is O=C(Cc1c[nH]c2ccccc12)OC1[C@@H](O)[C@H](O)C(O)[C@H](O)[C@H]1O. The van der Waals surface area contributed by atoms with E-state index in [0.29, 0.717) is 5.56 Å². The van der Waals surface area contributed by atoms with Crippen LogP contribution in [-0.2, 0) is 16.0 Å². The minimum absolute atomic E-state index is 0.116. The molecule has 1 aromatic heterocycles. The maximum atomic E-state index is 12.1. The Morgan fingerprint density at radius 2 is 1.54 bits per heavy atom. The zero-order chi connectivity index (χ0) is 17.4. The summed E-state index contributed by atoms with van der Waals surface area (Å²) in [6.45, 7) is 0. The number of esters is 1. The van der Waals surface area contributed by atoms with Crippen molar-refractivity contribution >= 4 is 16.9 Å². The van der Waals surface area contributed by atoms with Gasteiger partial charge in [0.15, 0.2) is 6.10 Å². The van der Waals surface area contributed by atoms with Crippen LogP contribution in [0.2, 0.25) is 0 Å². The van der Waals surface area contributed by atoms with Gasteiger partial charge in [-0.2, -0.15) is 0 Å². The first-order valence-electron chi connectivity index (χ1n) is 7.55. The molecule has 6 atom stereocenters. The number of carbonyl (C=O) groups is 1. The molecule has 8 heteroatoms. The molecule has 1 aromatic carbocycles. The Labute approximate surface area is 136 Å². The number of nitrogens with one attached hydrogen (secondary N) is 1. The smallest absolute Gasteiger partial charge is 0.310 e. The lowest BCUT2D eigenvalue weighted by atomic mass is 9.85. The molecule has 1 aliphatic carbocycles. The molecule has 0 spiro atoms. The molecule has 1 fully saturated rings. The summed E-state index contributed by atoms with van der Waals surface area (Å²) in [6, 6.07) is 7.37. The summed E-state index contributed by atoms with van der Waals surface area (Å²) in [7, 11) is 0. The fraction of sp³-hybridized carbons (Fsp3) is 0.438. The summed E-state index contributed by atoms with van der Waals surface area (Å²) >= 11 is 0. The number of aliphatic hydroxyl groups is 5. The molecule has 0 radical (unpaired) electrons. The van der Waals surface area contributed by atoms with Crippen LogP contribution in [0.4, 0.5) is 0 Å². The van der Waals surface area contributed by atoms with E-state index in [1.165, 1.54) is 0 Å². The third-order valence-corrected chi connectivity index (χ3v) is 4.35. The molecule has 1 aliphatic rings. The molecule has 0 aliphatic heterocycles. The molecule has 0 saturated heterocycles. The molecule has 0 amide bonds. The number of hydrogen-bond donors (Lipinski definition) is 6. The number of ether oxygens (including phenoxy) is 1. The van der Waals surface area contributed by atoms with Crippen molar-refractivity contribution in [2.45, 2.75) is 43.0 Å². The lowest BCUT2D eigenvalue weighted by molar-refractivity contribution is -0.233. The molecule has 130 valence electrons. The molecule has 6 N–H and O–H groups in total. The van der Waals surface area contributed by atoms with Crippen LogP contribution in [0.5, 0.6) is 0 Å². The van der Waals surface area contributed by atoms with E-state index in [9.17, 15) is 30.3 Å². The lowest BCUT2D eigenvalue weighted by Gasteiger charge is -2.41. The minimum Gasteiger partial charge on any atom is -0.456 e. The van der Waals surface area contributed by atoms with E-state index >= 15 is 0 Å². The van der Waals surface area contributed by atoms with Gasteiger partial charge >= 0.3 is 5.97 Å². The number of hydrogen-bond acceptors (Lipinski definition) is 7.